The van der Waals surface area contributed by atoms with Gasteiger partial charge in [-0.3, -0.25) is 10.1 Å². The molecule has 2 N–H and O–H groups in total. The highest BCUT2D eigenvalue weighted by molar-refractivity contribution is 7.89. The summed E-state index contributed by atoms with van der Waals surface area (Å²) < 4.78 is 31.6. The van der Waals surface area contributed by atoms with E-state index in [4.69, 9.17) is 4.74 Å². The topological polar surface area (TPSA) is 105 Å². The van der Waals surface area contributed by atoms with Crippen molar-refractivity contribution in [2.45, 2.75) is 37.7 Å². The summed E-state index contributed by atoms with van der Waals surface area (Å²) in [6.07, 6.45) is -0.0406. The highest BCUT2D eigenvalue weighted by Gasteiger charge is 2.27. The van der Waals surface area contributed by atoms with Gasteiger partial charge in [0, 0.05) is 23.5 Å². The van der Waals surface area contributed by atoms with Gasteiger partial charge in [-0.05, 0) is 76.2 Å². The second kappa shape index (κ2) is 8.08. The van der Waals surface area contributed by atoms with E-state index in [1.165, 1.54) is 13.1 Å². The van der Waals surface area contributed by atoms with E-state index in [0.29, 0.717) is 29.9 Å². The number of benzene rings is 2. The molecule has 0 fully saturated rings. The maximum absolute atomic E-state index is 13.1. The zero-order chi connectivity index (χ0) is 22.1. The molecule has 1 aliphatic heterocycles. The predicted molar refractivity (Wildman–Crippen MR) is 114 cm³/mol. The molecule has 0 spiro atoms. The van der Waals surface area contributed by atoms with Crippen LogP contribution in [0.3, 0.4) is 0 Å². The Morgan fingerprint density at radius 2 is 1.83 bits per heavy atom. The molecule has 9 heteroatoms. The van der Waals surface area contributed by atoms with Crippen LogP contribution >= 0.6 is 0 Å². The van der Waals surface area contributed by atoms with Gasteiger partial charge in [0.1, 0.15) is 5.60 Å². The maximum atomic E-state index is 13.1. The van der Waals surface area contributed by atoms with Crippen molar-refractivity contribution in [3.05, 3.63) is 53.6 Å². The van der Waals surface area contributed by atoms with Gasteiger partial charge in [0.15, 0.2) is 0 Å². The second-order valence-electron chi connectivity index (χ2n) is 7.91. The average Bonchev–Trinajstić information content (AvgIpc) is 3.09. The van der Waals surface area contributed by atoms with Crippen molar-refractivity contribution >= 4 is 33.4 Å². The van der Waals surface area contributed by atoms with Crippen LogP contribution in [-0.4, -0.2) is 39.6 Å². The maximum Gasteiger partial charge on any atom is 0.412 e. The van der Waals surface area contributed by atoms with Crippen LogP contribution in [0.25, 0.3) is 0 Å². The van der Waals surface area contributed by atoms with Gasteiger partial charge in [-0.25, -0.2) is 17.9 Å². The van der Waals surface area contributed by atoms with Gasteiger partial charge in [0.05, 0.1) is 4.90 Å². The van der Waals surface area contributed by atoms with E-state index in [1.54, 1.807) is 62.1 Å². The molecule has 0 aromatic heterocycles. The van der Waals surface area contributed by atoms with Gasteiger partial charge >= 0.3 is 6.09 Å². The molecule has 1 heterocycles. The first-order chi connectivity index (χ1) is 14.0. The lowest BCUT2D eigenvalue weighted by molar-refractivity contribution is 0.0635. The van der Waals surface area contributed by atoms with E-state index < -0.39 is 21.7 Å². The zero-order valence-corrected chi connectivity index (χ0v) is 18.2. The molecule has 0 saturated carbocycles. The Bertz CT molecular complexity index is 1090. The van der Waals surface area contributed by atoms with E-state index in [9.17, 15) is 18.0 Å². The zero-order valence-electron chi connectivity index (χ0n) is 17.4. The Hall–Kier alpha value is -2.91. The quantitative estimate of drug-likeness (QED) is 0.774. The number of amides is 2. The Morgan fingerprint density at radius 1 is 1.10 bits per heavy atom. The monoisotopic (exact) mass is 431 g/mol. The summed E-state index contributed by atoms with van der Waals surface area (Å²) in [5, 5.41) is 2.63. The molecular formula is C21H25N3O5S. The van der Waals surface area contributed by atoms with Crippen molar-refractivity contribution in [1.29, 1.82) is 0 Å². The van der Waals surface area contributed by atoms with Gasteiger partial charge in [-0.2, -0.15) is 0 Å². The number of fused-ring (bicyclic) bond motifs is 1. The summed E-state index contributed by atoms with van der Waals surface area (Å²) in [5.74, 6) is -0.231. The van der Waals surface area contributed by atoms with Gasteiger partial charge in [-0.1, -0.05) is 6.07 Å². The lowest BCUT2D eigenvalue weighted by Crippen LogP contribution is -2.29. The van der Waals surface area contributed by atoms with E-state index in [2.05, 4.69) is 10.0 Å². The summed E-state index contributed by atoms with van der Waals surface area (Å²) in [4.78, 5) is 26.8. The smallest absolute Gasteiger partial charge is 0.412 e. The van der Waals surface area contributed by atoms with Gasteiger partial charge in [-0.15, -0.1) is 0 Å². The molecule has 160 valence electrons. The number of rotatable bonds is 4. The molecule has 0 atom stereocenters. The van der Waals surface area contributed by atoms with E-state index in [0.717, 1.165) is 5.56 Å². The molecular weight excluding hydrogens is 406 g/mol. The number of hydrogen-bond donors (Lipinski definition) is 2. The fourth-order valence-corrected chi connectivity index (χ4v) is 3.96. The van der Waals surface area contributed by atoms with Gasteiger partial charge in [0.25, 0.3) is 5.91 Å². The highest BCUT2D eigenvalue weighted by atomic mass is 32.2. The fraction of sp³-hybridized carbons (Fsp3) is 0.333. The first kappa shape index (κ1) is 21.8. The van der Waals surface area contributed by atoms with Crippen LogP contribution in [0.5, 0.6) is 0 Å². The van der Waals surface area contributed by atoms with E-state index >= 15 is 0 Å². The van der Waals surface area contributed by atoms with E-state index in [1.807, 2.05) is 0 Å². The molecule has 3 rings (SSSR count). The number of hydrogen-bond acceptors (Lipinski definition) is 5. The van der Waals surface area contributed by atoms with Crippen LogP contribution in [0.1, 0.15) is 36.7 Å². The molecule has 0 saturated heterocycles. The Morgan fingerprint density at radius 3 is 2.50 bits per heavy atom. The average molecular weight is 432 g/mol. The van der Waals surface area contributed by atoms with Crippen molar-refractivity contribution in [2.75, 3.05) is 23.8 Å². The van der Waals surface area contributed by atoms with Crippen LogP contribution in [-0.2, 0) is 21.2 Å². The Kier molecular flexibility index (Phi) is 5.87. The van der Waals surface area contributed by atoms with Gasteiger partial charge in [0.2, 0.25) is 10.0 Å². The molecule has 0 aliphatic carbocycles. The summed E-state index contributed by atoms with van der Waals surface area (Å²) in [6, 6.07) is 11.3. The molecule has 8 nitrogen and oxygen atoms in total. The summed E-state index contributed by atoms with van der Waals surface area (Å²) in [5.41, 5.74) is 1.70. The van der Waals surface area contributed by atoms with Crippen molar-refractivity contribution in [3.8, 4) is 0 Å². The summed E-state index contributed by atoms with van der Waals surface area (Å²) in [6.45, 7) is 5.75. The molecule has 2 aromatic rings. The third-order valence-corrected chi connectivity index (χ3v) is 5.94. The second-order valence-corrected chi connectivity index (χ2v) is 9.80. The molecule has 30 heavy (non-hydrogen) atoms. The summed E-state index contributed by atoms with van der Waals surface area (Å²) >= 11 is 0. The molecule has 0 unspecified atom stereocenters. The number of anilines is 2. The first-order valence-corrected chi connectivity index (χ1v) is 11.0. The standard InChI is InChI=1S/C21H25N3O5S/c1-21(2,3)29-20(26)23-16-7-5-6-15(12-16)19(25)24-11-10-14-13-17(8-9-18(14)24)30(27,28)22-4/h5-9,12-13,22H,10-11H2,1-4H3,(H,23,26). The van der Waals surface area contributed by atoms with Crippen molar-refractivity contribution in [2.24, 2.45) is 0 Å². The lowest BCUT2D eigenvalue weighted by atomic mass is 10.1. The molecule has 1 aliphatic rings. The van der Waals surface area contributed by atoms with Crippen LogP contribution in [0, 0.1) is 0 Å². The molecule has 0 bridgehead atoms. The summed E-state index contributed by atoms with van der Waals surface area (Å²) in [7, 11) is -2.19. The number of nitrogens with one attached hydrogen (secondary N) is 2. The normalized spacial score (nSPS) is 13.7. The predicted octanol–water partition coefficient (Wildman–Crippen LogP) is 3.14. The third kappa shape index (κ3) is 4.80. The first-order valence-electron chi connectivity index (χ1n) is 9.48. The van der Waals surface area contributed by atoms with Crippen LogP contribution in [0.4, 0.5) is 16.2 Å². The molecule has 2 aromatic carbocycles. The van der Waals surface area contributed by atoms with Crippen molar-refractivity contribution in [1.82, 2.24) is 4.72 Å². The minimum absolute atomic E-state index is 0.168. The molecule has 2 amide bonds. The molecule has 0 radical (unpaired) electrons. The number of carbonyl (C=O) groups excluding carboxylic acids is 2. The number of carbonyl (C=O) groups is 2. The Balaban J connectivity index is 1.80. The van der Waals surface area contributed by atoms with Crippen LogP contribution < -0.4 is 14.9 Å². The minimum Gasteiger partial charge on any atom is -0.444 e. The van der Waals surface area contributed by atoms with Gasteiger partial charge < -0.3 is 9.64 Å². The lowest BCUT2D eigenvalue weighted by Gasteiger charge is -2.20. The fourth-order valence-electron chi connectivity index (χ4n) is 3.18. The largest absolute Gasteiger partial charge is 0.444 e. The number of nitrogens with zero attached hydrogens (tertiary/aromatic N) is 1. The van der Waals surface area contributed by atoms with Crippen molar-refractivity contribution in [3.63, 3.8) is 0 Å². The number of ether oxygens (including phenoxy) is 1. The third-order valence-electron chi connectivity index (χ3n) is 4.53. The highest BCUT2D eigenvalue weighted by Crippen LogP contribution is 2.31. The number of sulfonamides is 1. The van der Waals surface area contributed by atoms with Crippen LogP contribution in [0.2, 0.25) is 0 Å². The minimum atomic E-state index is -3.55. The van der Waals surface area contributed by atoms with Crippen LogP contribution in [0.15, 0.2) is 47.4 Å². The van der Waals surface area contributed by atoms with Crippen molar-refractivity contribution < 1.29 is 22.7 Å². The SMILES string of the molecule is CNS(=O)(=O)c1ccc2c(c1)CCN2C(=O)c1cccc(NC(=O)OC(C)(C)C)c1. The Labute approximate surface area is 176 Å². The van der Waals surface area contributed by atoms with E-state index in [-0.39, 0.29) is 10.8 Å².